The summed E-state index contributed by atoms with van der Waals surface area (Å²) in [7, 11) is -3.92. The Kier molecular flexibility index (Phi) is 52.1. The molecule has 97 heavy (non-hydrogen) atoms. The molecule has 4 aromatic carbocycles. The summed E-state index contributed by atoms with van der Waals surface area (Å²) in [6, 6.07) is 43.5. The summed E-state index contributed by atoms with van der Waals surface area (Å²) < 4.78 is 44.7. The molecule has 0 radical (unpaired) electrons. The molecule has 0 fully saturated rings. The molecule has 2 atom stereocenters. The van der Waals surface area contributed by atoms with E-state index in [1.54, 1.807) is 6.92 Å². The fourth-order valence-electron chi connectivity index (χ4n) is 12.5. The summed E-state index contributed by atoms with van der Waals surface area (Å²) >= 11 is 0. The van der Waals surface area contributed by atoms with Gasteiger partial charge in [0.25, 0.3) is 16.6 Å². The van der Waals surface area contributed by atoms with Crippen molar-refractivity contribution in [1.29, 1.82) is 0 Å². The first kappa shape index (κ1) is 88.5. The van der Waals surface area contributed by atoms with Crippen LogP contribution in [0.5, 0.6) is 0 Å². The summed E-state index contributed by atoms with van der Waals surface area (Å²) in [5, 5.41) is 12.7. The van der Waals surface area contributed by atoms with Crippen LogP contribution in [0.2, 0.25) is 10.1 Å². The summed E-state index contributed by atoms with van der Waals surface area (Å²) in [5.41, 5.74) is 0. The predicted octanol–water partition coefficient (Wildman–Crippen LogP) is 19.9. The minimum absolute atomic E-state index is 0.0862. The quantitative estimate of drug-likeness (QED) is 0.0149. The van der Waals surface area contributed by atoms with Crippen molar-refractivity contribution in [2.75, 3.05) is 60.0 Å². The zero-order valence-corrected chi connectivity index (χ0v) is 65.0. The van der Waals surface area contributed by atoms with Gasteiger partial charge in [-0.3, -0.25) is 9.59 Å². The van der Waals surface area contributed by atoms with Crippen LogP contribution in [0.25, 0.3) is 0 Å². The third kappa shape index (κ3) is 39.3. The number of hydrogen-bond donors (Lipinski definition) is 1. The summed E-state index contributed by atoms with van der Waals surface area (Å²) in [6.07, 6.45) is 43.0. The Bertz CT molecular complexity index is 2410. The largest absolute Gasteiger partial charge is 0.481 e. The van der Waals surface area contributed by atoms with E-state index >= 15 is 0 Å². The van der Waals surface area contributed by atoms with E-state index in [4.69, 9.17) is 37.6 Å². The van der Waals surface area contributed by atoms with Gasteiger partial charge >= 0.3 is 11.9 Å². The van der Waals surface area contributed by atoms with Crippen LogP contribution in [0, 0.1) is 0 Å². The second-order valence-corrected chi connectivity index (χ2v) is 36.9. The zero-order valence-electron chi connectivity index (χ0n) is 63.0. The molecule has 0 amide bonds. The van der Waals surface area contributed by atoms with Crippen molar-refractivity contribution < 1.29 is 52.0 Å². The summed E-state index contributed by atoms with van der Waals surface area (Å²) in [4.78, 5) is 31.0. The van der Waals surface area contributed by atoms with Crippen molar-refractivity contribution in [3.8, 4) is 0 Å². The second-order valence-electron chi connectivity index (χ2n) is 28.4. The number of ether oxygens (including phenoxy) is 5. The van der Waals surface area contributed by atoms with Gasteiger partial charge in [-0.05, 0) is 95.0 Å². The Morgan fingerprint density at radius 2 is 0.649 bits per heavy atom. The van der Waals surface area contributed by atoms with Crippen LogP contribution in [0.4, 0.5) is 0 Å². The van der Waals surface area contributed by atoms with Gasteiger partial charge in [0.15, 0.2) is 0 Å². The Morgan fingerprint density at radius 3 is 0.907 bits per heavy atom. The number of methoxy groups -OCH3 is 1. The van der Waals surface area contributed by atoms with E-state index in [9.17, 15) is 14.4 Å². The number of carboxylic acids is 1. The number of unbranched alkanes of at least 4 members (excludes halogenated alkanes) is 26. The molecule has 11 nitrogen and oxygen atoms in total. The van der Waals surface area contributed by atoms with E-state index in [1.807, 2.05) is 0 Å². The highest BCUT2D eigenvalue weighted by atomic mass is 28.4. The van der Waals surface area contributed by atoms with E-state index in [1.165, 1.54) is 156 Å². The van der Waals surface area contributed by atoms with Gasteiger partial charge in [-0.1, -0.05) is 324 Å². The number of allylic oxidation sites excluding steroid dienone is 2. The molecule has 2 unspecified atom stereocenters. The number of benzene rings is 4. The number of carbonyl (C=O) groups is 3. The molecule has 548 valence electrons. The predicted molar refractivity (Wildman–Crippen MR) is 413 cm³/mol. The highest BCUT2D eigenvalue weighted by molar-refractivity contribution is 7.00. The molecule has 0 aliphatic rings. The third-order valence-corrected chi connectivity index (χ3v) is 28.2. The normalized spacial score (nSPS) is 12.6. The topological polar surface area (TPSA) is 136 Å². The molecule has 0 saturated heterocycles. The molecule has 0 aromatic heterocycles. The summed E-state index contributed by atoms with van der Waals surface area (Å²) in [6.45, 7) is 25.4. The lowest BCUT2D eigenvalue weighted by atomic mass is 10.1. The van der Waals surface area contributed by atoms with Gasteiger partial charge in [-0.15, -0.1) is 0 Å². The van der Waals surface area contributed by atoms with Crippen LogP contribution < -0.4 is 20.7 Å². The first-order valence-corrected chi connectivity index (χ1v) is 42.1. The minimum Gasteiger partial charge on any atom is -0.481 e. The number of carboxylic acid groups (broad SMARTS) is 1. The van der Waals surface area contributed by atoms with Crippen LogP contribution in [-0.2, 0) is 46.9 Å². The Labute approximate surface area is 594 Å². The van der Waals surface area contributed by atoms with Crippen molar-refractivity contribution in [1.82, 2.24) is 0 Å². The molecular weight excluding hydrogens is 1240 g/mol. The fourth-order valence-corrected chi connectivity index (χ4v) is 21.8. The lowest BCUT2D eigenvalue weighted by molar-refractivity contribution is -0.140. The Balaban J connectivity index is 0.000000628. The SMILES string of the molecule is CCC(=O)O.CCCCCCCCOCC(COCCCCCCCC/C=C\CCCCCCC(=O)OC)O[Si](c1ccccc1)(c1ccccc1)C(C)(C)C.CCCCCCCCOCC(COCCCCCCCCC=O)O[Si](c1ccccc1)(c1ccccc1)C(C)(C)C. The van der Waals surface area contributed by atoms with E-state index < -0.39 is 22.6 Å². The van der Waals surface area contributed by atoms with Crippen molar-refractivity contribution in [2.24, 2.45) is 0 Å². The number of aliphatic carboxylic acids is 1. The third-order valence-electron chi connectivity index (χ3n) is 18.0. The van der Waals surface area contributed by atoms with Crippen molar-refractivity contribution in [2.45, 2.75) is 296 Å². The van der Waals surface area contributed by atoms with Crippen molar-refractivity contribution in [3.63, 3.8) is 0 Å². The first-order chi connectivity index (χ1) is 47.1. The van der Waals surface area contributed by atoms with Gasteiger partial charge < -0.3 is 42.4 Å². The molecule has 0 bridgehead atoms. The lowest BCUT2D eigenvalue weighted by Gasteiger charge is -2.45. The smallest absolute Gasteiger partial charge is 0.305 e. The molecule has 0 saturated carbocycles. The van der Waals surface area contributed by atoms with Crippen molar-refractivity contribution >= 4 is 55.6 Å². The molecule has 13 heteroatoms. The minimum atomic E-state index is -2.70. The number of rotatable bonds is 56. The number of hydrogen-bond acceptors (Lipinski definition) is 10. The van der Waals surface area contributed by atoms with Gasteiger partial charge in [0.1, 0.15) is 6.29 Å². The molecule has 0 heterocycles. The van der Waals surface area contributed by atoms with E-state index in [0.717, 1.165) is 96.9 Å². The molecule has 0 spiro atoms. The summed E-state index contributed by atoms with van der Waals surface area (Å²) in [5.74, 6) is -0.838. The molecule has 4 aromatic rings. The van der Waals surface area contributed by atoms with Gasteiger partial charge in [0, 0.05) is 45.7 Å². The van der Waals surface area contributed by atoms with Crippen LogP contribution in [0.1, 0.15) is 274 Å². The molecule has 4 rings (SSSR count). The van der Waals surface area contributed by atoms with Crippen LogP contribution in [0.3, 0.4) is 0 Å². The van der Waals surface area contributed by atoms with Gasteiger partial charge in [-0.25, -0.2) is 0 Å². The van der Waals surface area contributed by atoms with Crippen LogP contribution >= 0.6 is 0 Å². The molecule has 0 aliphatic carbocycles. The molecule has 1 N–H and O–H groups in total. The monoisotopic (exact) mass is 1380 g/mol. The standard InChI is InChI=1S/C45H74O5Si.C36H58O4Si.C3H6O2/c1-6-7-8-9-21-30-37-48-39-41(50-51(45(2,3)4,42-32-25-23-26-33-42)43-34-27-24-28-35-43)40-49-38-31-22-19-17-15-13-11-10-12-14-16-18-20-29-36-44(46)47-5;1-5-6-7-8-13-22-29-38-31-33(32-39-30-23-14-11-9-10-12-21-28-37)40-41(36(2,3)4,34-24-17-15-18-25-34)35-26-19-16-20-27-35;1-2-3(4)5/h10,12,23-28,32-35,41H,6-9,11,13-22,29-31,36-40H2,1-5H3;15-20,24-28,33H,5-14,21-23,29-32H2,1-4H3;2H2,1H3,(H,4,5)/b12-10-;;. The number of esters is 1. The first-order valence-electron chi connectivity index (χ1n) is 38.3. The van der Waals surface area contributed by atoms with Gasteiger partial charge in [-0.2, -0.15) is 0 Å². The Hall–Kier alpha value is -4.58. The van der Waals surface area contributed by atoms with Gasteiger partial charge in [0.2, 0.25) is 0 Å². The lowest BCUT2D eigenvalue weighted by Crippen LogP contribution is -2.68. The average molecular weight is 1380 g/mol. The second kappa shape index (κ2) is 57.1. The van der Waals surface area contributed by atoms with Crippen LogP contribution in [0.15, 0.2) is 133 Å². The van der Waals surface area contributed by atoms with Crippen LogP contribution in [-0.4, -0.2) is 112 Å². The number of carbonyl (C=O) groups excluding carboxylic acids is 2. The van der Waals surface area contributed by atoms with E-state index in [2.05, 4.69) is 189 Å². The Morgan fingerprint density at radius 1 is 0.392 bits per heavy atom. The van der Waals surface area contributed by atoms with Gasteiger partial charge in [0.05, 0.1) is 45.7 Å². The fraction of sp³-hybridized carbons (Fsp3) is 0.655. The zero-order chi connectivity index (χ0) is 70.8. The highest BCUT2D eigenvalue weighted by Crippen LogP contribution is 2.39. The van der Waals surface area contributed by atoms with E-state index in [0.29, 0.717) is 39.3 Å². The highest BCUT2D eigenvalue weighted by Gasteiger charge is 2.53. The molecule has 0 aliphatic heterocycles. The average Bonchev–Trinajstić information content (AvgIpc) is 0.756. The maximum Gasteiger partial charge on any atom is 0.305 e. The maximum atomic E-state index is 11.2. The molecular formula is C84H138O11Si2. The maximum absolute atomic E-state index is 11.2. The van der Waals surface area contributed by atoms with Crippen molar-refractivity contribution in [3.05, 3.63) is 133 Å². The van der Waals surface area contributed by atoms with E-state index in [-0.39, 0.29) is 34.7 Å². The number of aldehydes is 1.